The summed E-state index contributed by atoms with van der Waals surface area (Å²) in [5, 5.41) is 20.8. The average molecular weight is 837 g/mol. The Bertz CT molecular complexity index is 2660. The summed E-state index contributed by atoms with van der Waals surface area (Å²) in [6.45, 7) is 2.27. The second-order valence-corrected chi connectivity index (χ2v) is 15.3. The summed E-state index contributed by atoms with van der Waals surface area (Å²) in [7, 11) is 1.50. The maximum absolute atomic E-state index is 14.2. The van der Waals surface area contributed by atoms with Crippen LogP contribution in [0.15, 0.2) is 186 Å². The van der Waals surface area contributed by atoms with Crippen LogP contribution in [-0.2, 0) is 26.5 Å². The number of carbonyl (C=O) groups is 2. The molecule has 11 heteroatoms. The molecule has 0 saturated carbocycles. The molecule has 0 aliphatic carbocycles. The van der Waals surface area contributed by atoms with Gasteiger partial charge >= 0.3 is 5.97 Å². The predicted octanol–water partition coefficient (Wildman–Crippen LogP) is 10.4. The highest BCUT2D eigenvalue weighted by Crippen LogP contribution is 2.40. The number of anilines is 1. The van der Waals surface area contributed by atoms with Gasteiger partial charge in [-0.1, -0.05) is 157 Å². The molecule has 0 unspecified atom stereocenters. The van der Waals surface area contributed by atoms with Crippen molar-refractivity contribution in [2.75, 3.05) is 18.6 Å². The van der Waals surface area contributed by atoms with Gasteiger partial charge in [0.2, 0.25) is 11.7 Å². The van der Waals surface area contributed by atoms with Gasteiger partial charge in [0, 0.05) is 24.1 Å². The number of esters is 1. The van der Waals surface area contributed by atoms with E-state index in [0.717, 1.165) is 43.8 Å². The number of oxime groups is 1. The highest BCUT2D eigenvalue weighted by Gasteiger charge is 2.41. The number of hydrogen-bond acceptors (Lipinski definition) is 9. The molecule has 0 aliphatic heterocycles. The first kappa shape index (κ1) is 41.2. The maximum atomic E-state index is 14.2. The van der Waals surface area contributed by atoms with Gasteiger partial charge in [0.15, 0.2) is 5.54 Å². The average Bonchev–Trinajstić information content (AvgIpc) is 4.06. The molecule has 0 spiro atoms. The number of aromatic nitrogens is 4. The van der Waals surface area contributed by atoms with Crippen molar-refractivity contribution in [2.24, 2.45) is 5.16 Å². The molecule has 8 rings (SSSR count). The molecular weight excluding hydrogens is 793 g/mol. The molecule has 0 aliphatic rings. The van der Waals surface area contributed by atoms with Gasteiger partial charge in [0.1, 0.15) is 7.11 Å². The summed E-state index contributed by atoms with van der Waals surface area (Å²) in [5.74, 6) is -0.0982. The maximum Gasteiger partial charge on any atom is 0.338 e. The monoisotopic (exact) mass is 836 g/mol. The van der Waals surface area contributed by atoms with E-state index in [1.807, 2.05) is 127 Å². The van der Waals surface area contributed by atoms with E-state index in [0.29, 0.717) is 29.2 Å². The van der Waals surface area contributed by atoms with Crippen molar-refractivity contribution in [3.05, 3.63) is 214 Å². The van der Waals surface area contributed by atoms with Crippen LogP contribution in [0.4, 0.5) is 5.69 Å². The van der Waals surface area contributed by atoms with E-state index in [1.54, 1.807) is 34.8 Å². The smallest absolute Gasteiger partial charge is 0.338 e. The fraction of sp³-hybridized carbons (Fsp3) is 0.137. The van der Waals surface area contributed by atoms with Crippen LogP contribution in [0.5, 0.6) is 0 Å². The molecule has 62 heavy (non-hydrogen) atoms. The zero-order valence-corrected chi connectivity index (χ0v) is 35.2. The first-order chi connectivity index (χ1) is 30.5. The number of hydrogen-bond donors (Lipinski definition) is 0. The topological polar surface area (TPSA) is 112 Å². The lowest BCUT2D eigenvalue weighted by atomic mass is 9.77. The minimum absolute atomic E-state index is 0.132. The van der Waals surface area contributed by atoms with Crippen LogP contribution in [0.2, 0.25) is 0 Å². The van der Waals surface area contributed by atoms with Crippen LogP contribution >= 0.6 is 11.3 Å². The number of ether oxygens (including phenoxy) is 1. The lowest BCUT2D eigenvalue weighted by molar-refractivity contribution is -0.118. The van der Waals surface area contributed by atoms with Crippen molar-refractivity contribution >= 4 is 34.6 Å². The number of nitrogens with zero attached hydrogens (tertiary/aromatic N) is 6. The Labute approximate surface area is 364 Å². The van der Waals surface area contributed by atoms with E-state index in [-0.39, 0.29) is 25.5 Å². The lowest BCUT2D eigenvalue weighted by Crippen LogP contribution is -2.39. The summed E-state index contributed by atoms with van der Waals surface area (Å²) in [6, 6.07) is 57.8. The number of amides is 1. The molecule has 0 bridgehead atoms. The zero-order valence-electron chi connectivity index (χ0n) is 34.4. The Hall–Kier alpha value is -7.50. The highest BCUT2D eigenvalue weighted by atomic mass is 32.1. The Kier molecular flexibility index (Phi) is 12.8. The van der Waals surface area contributed by atoms with E-state index in [1.165, 1.54) is 18.4 Å². The fourth-order valence-corrected chi connectivity index (χ4v) is 8.45. The van der Waals surface area contributed by atoms with Gasteiger partial charge in [-0.25, -0.2) is 4.79 Å². The van der Waals surface area contributed by atoms with Gasteiger partial charge in [-0.3, -0.25) is 4.79 Å². The van der Waals surface area contributed by atoms with E-state index in [2.05, 4.69) is 41.6 Å². The Morgan fingerprint density at radius 3 is 1.94 bits per heavy atom. The molecule has 8 aromatic rings. The molecule has 0 atom stereocenters. The van der Waals surface area contributed by atoms with Gasteiger partial charge in [-0.2, -0.15) is 0 Å². The normalized spacial score (nSPS) is 11.5. The van der Waals surface area contributed by atoms with Crippen LogP contribution in [0.3, 0.4) is 0 Å². The number of rotatable bonds is 16. The summed E-state index contributed by atoms with van der Waals surface area (Å²) < 4.78 is 5.28. The van der Waals surface area contributed by atoms with E-state index in [4.69, 9.17) is 25.0 Å². The Balaban J connectivity index is 1.12. The molecule has 2 heterocycles. The molecule has 10 nitrogen and oxygen atoms in total. The molecule has 6 aromatic carbocycles. The number of thiophene rings is 1. The van der Waals surface area contributed by atoms with Crippen molar-refractivity contribution < 1.29 is 19.2 Å². The first-order valence-corrected chi connectivity index (χ1v) is 21.2. The van der Waals surface area contributed by atoms with Gasteiger partial charge in [-0.15, -0.1) is 26.3 Å². The molecule has 308 valence electrons. The summed E-state index contributed by atoms with van der Waals surface area (Å²) >= 11 is 1.54. The van der Waals surface area contributed by atoms with Crippen LogP contribution in [0.1, 0.15) is 57.3 Å². The van der Waals surface area contributed by atoms with E-state index >= 15 is 0 Å². The van der Waals surface area contributed by atoms with Gasteiger partial charge < -0.3 is 14.5 Å². The second-order valence-electron chi connectivity index (χ2n) is 14.4. The van der Waals surface area contributed by atoms with Crippen LogP contribution in [0, 0.1) is 0 Å². The third kappa shape index (κ3) is 8.70. The molecular formula is C51H44N6O4S. The van der Waals surface area contributed by atoms with Crippen LogP contribution < -0.4 is 4.90 Å². The summed E-state index contributed by atoms with van der Waals surface area (Å²) in [4.78, 5) is 36.4. The standard InChI is InChI=1S/C51H44N6O4S/c1-3-61-50(59)39-17-15-24-43(35-39)56(48(58)33-32-46(54-60-2)47-27-16-34-62-47)36-37-28-30-38(31-29-37)44-25-13-14-26-45(44)49-52-55-57(53-49)51(40-18-7-4-8-19-40,41-20-9-5-10-21-41)42-22-11-6-12-23-42/h4-31,34-35H,3,32-33,36H2,1-2H3/b54-46+. The Morgan fingerprint density at radius 1 is 0.710 bits per heavy atom. The molecule has 0 N–H and O–H groups in total. The van der Waals surface area contributed by atoms with E-state index in [9.17, 15) is 9.59 Å². The molecule has 0 fully saturated rings. The third-order valence-electron chi connectivity index (χ3n) is 10.6. The van der Waals surface area contributed by atoms with Crippen molar-refractivity contribution in [1.82, 2.24) is 20.2 Å². The van der Waals surface area contributed by atoms with Crippen molar-refractivity contribution in [2.45, 2.75) is 31.8 Å². The van der Waals surface area contributed by atoms with Crippen molar-refractivity contribution in [1.29, 1.82) is 0 Å². The summed E-state index contributed by atoms with van der Waals surface area (Å²) in [5.41, 5.74) is 7.32. The fourth-order valence-electron chi connectivity index (χ4n) is 7.72. The van der Waals surface area contributed by atoms with Gasteiger partial charge in [0.05, 0.1) is 29.3 Å². The minimum atomic E-state index is -0.910. The number of tetrazole rings is 1. The van der Waals surface area contributed by atoms with Crippen molar-refractivity contribution in [3.8, 4) is 22.5 Å². The molecule has 0 saturated heterocycles. The Morgan fingerprint density at radius 2 is 1.34 bits per heavy atom. The first-order valence-electron chi connectivity index (χ1n) is 20.4. The largest absolute Gasteiger partial charge is 0.462 e. The predicted molar refractivity (Wildman–Crippen MR) is 244 cm³/mol. The quantitative estimate of drug-likeness (QED) is 0.0412. The highest BCUT2D eigenvalue weighted by molar-refractivity contribution is 7.12. The SMILES string of the molecule is CCOC(=O)c1cccc(N(Cc2ccc(-c3ccccc3-c3nnn(C(c4ccccc4)(c4ccccc4)c4ccccc4)n3)cc2)C(=O)CC/C(=N\OC)c2cccs2)c1. The van der Waals surface area contributed by atoms with Crippen LogP contribution in [-0.4, -0.2) is 51.5 Å². The van der Waals surface area contributed by atoms with E-state index < -0.39 is 11.5 Å². The lowest BCUT2D eigenvalue weighted by Gasteiger charge is -2.34. The summed E-state index contributed by atoms with van der Waals surface area (Å²) in [6.07, 6.45) is 0.543. The molecule has 2 aromatic heterocycles. The third-order valence-corrected chi connectivity index (χ3v) is 11.5. The van der Waals surface area contributed by atoms with Gasteiger partial charge in [-0.05, 0) is 75.2 Å². The minimum Gasteiger partial charge on any atom is -0.462 e. The van der Waals surface area contributed by atoms with Gasteiger partial charge in [0.25, 0.3) is 0 Å². The molecule has 0 radical (unpaired) electrons. The second kappa shape index (κ2) is 19.3. The van der Waals surface area contributed by atoms with Crippen LogP contribution in [0.25, 0.3) is 22.5 Å². The zero-order chi connectivity index (χ0) is 42.7. The number of carbonyl (C=O) groups excluding carboxylic acids is 2. The molecule has 1 amide bonds. The number of benzene rings is 6. The van der Waals surface area contributed by atoms with Crippen molar-refractivity contribution in [3.63, 3.8) is 0 Å².